The van der Waals surface area contributed by atoms with E-state index in [-0.39, 0.29) is 17.8 Å². The number of carbonyl (C=O) groups excluding carboxylic acids is 1. The van der Waals surface area contributed by atoms with Crippen molar-refractivity contribution in [2.45, 2.75) is 25.8 Å². The average molecular weight is 268 g/mol. The molecule has 0 bridgehead atoms. The summed E-state index contributed by atoms with van der Waals surface area (Å²) in [5.74, 6) is 0.370. The van der Waals surface area contributed by atoms with Crippen molar-refractivity contribution in [3.8, 4) is 0 Å². The molecule has 0 saturated carbocycles. The van der Waals surface area contributed by atoms with Crippen molar-refractivity contribution in [2.75, 3.05) is 33.4 Å². The Balaban J connectivity index is 1.91. The molecule has 1 unspecified atom stereocenters. The molecule has 0 aromatic carbocycles. The summed E-state index contributed by atoms with van der Waals surface area (Å²) in [6, 6.07) is 0.0859. The zero-order valence-corrected chi connectivity index (χ0v) is 11.4. The van der Waals surface area contributed by atoms with E-state index < -0.39 is 0 Å². The van der Waals surface area contributed by atoms with Gasteiger partial charge in [0.2, 0.25) is 5.89 Å². The van der Waals surface area contributed by atoms with Crippen LogP contribution in [-0.4, -0.2) is 54.3 Å². The van der Waals surface area contributed by atoms with Gasteiger partial charge in [-0.2, -0.15) is 4.98 Å². The SMILES string of the molecule is CCOCCN(C)C(=O)c1noc(C2CCCN2)n1. The maximum atomic E-state index is 12.0. The Hall–Kier alpha value is -1.47. The minimum absolute atomic E-state index is 0.0859. The Morgan fingerprint density at radius 3 is 3.16 bits per heavy atom. The fourth-order valence-corrected chi connectivity index (χ4v) is 1.98. The van der Waals surface area contributed by atoms with E-state index in [9.17, 15) is 4.79 Å². The first-order valence-corrected chi connectivity index (χ1v) is 6.62. The first kappa shape index (κ1) is 14.0. The van der Waals surface area contributed by atoms with E-state index in [0.29, 0.717) is 25.6 Å². The highest BCUT2D eigenvalue weighted by Gasteiger charge is 2.25. The van der Waals surface area contributed by atoms with Crippen LogP contribution in [0.3, 0.4) is 0 Å². The number of nitrogens with zero attached hydrogens (tertiary/aromatic N) is 3. The molecule has 106 valence electrons. The van der Waals surface area contributed by atoms with Gasteiger partial charge in [0.1, 0.15) is 0 Å². The summed E-state index contributed by atoms with van der Waals surface area (Å²) in [7, 11) is 1.70. The molecule has 1 aliphatic heterocycles. The average Bonchev–Trinajstić information content (AvgIpc) is 3.08. The normalized spacial score (nSPS) is 18.7. The molecule has 1 aliphatic rings. The van der Waals surface area contributed by atoms with Gasteiger partial charge < -0.3 is 19.5 Å². The molecule has 2 heterocycles. The molecule has 1 saturated heterocycles. The predicted octanol–water partition coefficient (Wildman–Crippen LogP) is 0.603. The maximum Gasteiger partial charge on any atom is 0.295 e. The zero-order valence-electron chi connectivity index (χ0n) is 11.4. The molecule has 1 aromatic rings. The summed E-state index contributed by atoms with van der Waals surface area (Å²) in [4.78, 5) is 17.7. The van der Waals surface area contributed by atoms with E-state index in [1.54, 1.807) is 7.05 Å². The number of nitrogens with one attached hydrogen (secondary N) is 1. The standard InChI is InChI=1S/C12H20N4O3/c1-3-18-8-7-16(2)12(17)10-14-11(19-15-10)9-5-4-6-13-9/h9,13H,3-8H2,1-2H3. The van der Waals surface area contributed by atoms with Crippen LogP contribution in [0.5, 0.6) is 0 Å². The van der Waals surface area contributed by atoms with Gasteiger partial charge in [-0.1, -0.05) is 5.16 Å². The van der Waals surface area contributed by atoms with Crippen LogP contribution in [0.2, 0.25) is 0 Å². The molecular formula is C12H20N4O3. The highest BCUT2D eigenvalue weighted by atomic mass is 16.5. The van der Waals surface area contributed by atoms with E-state index in [0.717, 1.165) is 19.4 Å². The van der Waals surface area contributed by atoms with Crippen molar-refractivity contribution in [1.29, 1.82) is 0 Å². The van der Waals surface area contributed by atoms with Crippen molar-refractivity contribution < 1.29 is 14.1 Å². The summed E-state index contributed by atoms with van der Waals surface area (Å²) in [5, 5.41) is 7.01. The van der Waals surface area contributed by atoms with Crippen LogP contribution >= 0.6 is 0 Å². The molecule has 1 N–H and O–H groups in total. The van der Waals surface area contributed by atoms with Crippen molar-refractivity contribution in [3.05, 3.63) is 11.7 Å². The van der Waals surface area contributed by atoms with Crippen molar-refractivity contribution >= 4 is 5.91 Å². The molecule has 19 heavy (non-hydrogen) atoms. The van der Waals surface area contributed by atoms with E-state index in [1.165, 1.54) is 4.90 Å². The van der Waals surface area contributed by atoms with Gasteiger partial charge in [0.05, 0.1) is 12.6 Å². The van der Waals surface area contributed by atoms with E-state index in [1.807, 2.05) is 6.92 Å². The number of amides is 1. The third-order valence-electron chi connectivity index (χ3n) is 3.11. The second kappa shape index (κ2) is 6.63. The molecule has 7 nitrogen and oxygen atoms in total. The third kappa shape index (κ3) is 3.51. The molecule has 1 fully saturated rings. The Morgan fingerprint density at radius 2 is 2.47 bits per heavy atom. The summed E-state index contributed by atoms with van der Waals surface area (Å²) in [6.07, 6.45) is 2.06. The largest absolute Gasteiger partial charge is 0.380 e. The fraction of sp³-hybridized carbons (Fsp3) is 0.750. The molecule has 0 spiro atoms. The van der Waals surface area contributed by atoms with Crippen LogP contribution in [0.25, 0.3) is 0 Å². The predicted molar refractivity (Wildman–Crippen MR) is 67.7 cm³/mol. The number of carbonyl (C=O) groups is 1. The van der Waals surface area contributed by atoms with Gasteiger partial charge in [-0.05, 0) is 26.3 Å². The van der Waals surface area contributed by atoms with Crippen LogP contribution in [0.15, 0.2) is 4.52 Å². The van der Waals surface area contributed by atoms with Crippen molar-refractivity contribution in [2.24, 2.45) is 0 Å². The van der Waals surface area contributed by atoms with Crippen molar-refractivity contribution in [3.63, 3.8) is 0 Å². The number of rotatable bonds is 6. The first-order valence-electron chi connectivity index (χ1n) is 6.62. The molecule has 1 aromatic heterocycles. The van der Waals surface area contributed by atoms with E-state index >= 15 is 0 Å². The smallest absolute Gasteiger partial charge is 0.295 e. The molecule has 2 rings (SSSR count). The zero-order chi connectivity index (χ0) is 13.7. The minimum Gasteiger partial charge on any atom is -0.380 e. The maximum absolute atomic E-state index is 12.0. The Kier molecular flexibility index (Phi) is 4.86. The number of likely N-dealkylation sites (N-methyl/N-ethyl adjacent to an activating group) is 1. The highest BCUT2D eigenvalue weighted by molar-refractivity contribution is 5.90. The highest BCUT2D eigenvalue weighted by Crippen LogP contribution is 2.21. The summed E-state index contributed by atoms with van der Waals surface area (Å²) in [6.45, 7) is 4.53. The van der Waals surface area contributed by atoms with Crippen molar-refractivity contribution in [1.82, 2.24) is 20.4 Å². The Morgan fingerprint density at radius 1 is 1.63 bits per heavy atom. The van der Waals surface area contributed by atoms with Crippen LogP contribution in [-0.2, 0) is 4.74 Å². The van der Waals surface area contributed by atoms with Gasteiger partial charge in [-0.3, -0.25) is 4.79 Å². The van der Waals surface area contributed by atoms with Gasteiger partial charge >= 0.3 is 0 Å². The topological polar surface area (TPSA) is 80.5 Å². The quantitative estimate of drug-likeness (QED) is 0.761. The summed E-state index contributed by atoms with van der Waals surface area (Å²) in [5.41, 5.74) is 0. The second-order valence-corrected chi connectivity index (χ2v) is 4.53. The lowest BCUT2D eigenvalue weighted by Gasteiger charge is -2.14. The summed E-state index contributed by atoms with van der Waals surface area (Å²) < 4.78 is 10.4. The number of ether oxygens (including phenoxy) is 1. The van der Waals surface area contributed by atoms with Crippen LogP contribution < -0.4 is 5.32 Å². The molecule has 0 aliphatic carbocycles. The van der Waals surface area contributed by atoms with Crippen LogP contribution in [0.4, 0.5) is 0 Å². The Bertz CT molecular complexity index is 415. The monoisotopic (exact) mass is 268 g/mol. The fourth-order valence-electron chi connectivity index (χ4n) is 1.98. The molecule has 1 atom stereocenters. The molecule has 7 heteroatoms. The molecular weight excluding hydrogens is 248 g/mol. The van der Waals surface area contributed by atoms with E-state index in [4.69, 9.17) is 9.26 Å². The number of hydrogen-bond acceptors (Lipinski definition) is 6. The number of aromatic nitrogens is 2. The number of hydrogen-bond donors (Lipinski definition) is 1. The summed E-state index contributed by atoms with van der Waals surface area (Å²) >= 11 is 0. The van der Waals surface area contributed by atoms with Gasteiger partial charge in [-0.15, -0.1) is 0 Å². The first-order chi connectivity index (χ1) is 9.22. The lowest BCUT2D eigenvalue weighted by atomic mass is 10.2. The lowest BCUT2D eigenvalue weighted by molar-refractivity contribution is 0.0695. The van der Waals surface area contributed by atoms with Gasteiger partial charge in [0.25, 0.3) is 11.7 Å². The van der Waals surface area contributed by atoms with E-state index in [2.05, 4.69) is 15.5 Å². The minimum atomic E-state index is -0.243. The lowest BCUT2D eigenvalue weighted by Crippen LogP contribution is -2.31. The third-order valence-corrected chi connectivity index (χ3v) is 3.11. The van der Waals surface area contributed by atoms with Gasteiger partial charge in [0.15, 0.2) is 0 Å². The van der Waals surface area contributed by atoms with Crippen LogP contribution in [0, 0.1) is 0 Å². The van der Waals surface area contributed by atoms with Gasteiger partial charge in [-0.25, -0.2) is 0 Å². The van der Waals surface area contributed by atoms with Crippen LogP contribution in [0.1, 0.15) is 42.3 Å². The second-order valence-electron chi connectivity index (χ2n) is 4.53. The Labute approximate surface area is 112 Å². The van der Waals surface area contributed by atoms with Gasteiger partial charge in [0, 0.05) is 20.2 Å². The molecule has 1 amide bonds. The molecule has 0 radical (unpaired) electrons.